The number of hydrogen-bond acceptors (Lipinski definition) is 4. The van der Waals surface area contributed by atoms with Gasteiger partial charge in [0.05, 0.1) is 11.4 Å². The van der Waals surface area contributed by atoms with E-state index in [4.69, 9.17) is 17.2 Å². The third-order valence-electron chi connectivity index (χ3n) is 1.84. The van der Waals surface area contributed by atoms with E-state index in [2.05, 4.69) is 0 Å². The van der Waals surface area contributed by atoms with Gasteiger partial charge in [-0.25, -0.2) is 0 Å². The molecule has 0 aliphatic carbocycles. The molecule has 1 aromatic heterocycles. The van der Waals surface area contributed by atoms with Crippen molar-refractivity contribution in [3.8, 4) is 0 Å². The Hall–Kier alpha value is -1.49. The van der Waals surface area contributed by atoms with Crippen LogP contribution in [0.3, 0.4) is 0 Å². The number of anilines is 2. The highest BCUT2D eigenvalue weighted by atomic mass is 16.1. The van der Waals surface area contributed by atoms with Crippen LogP contribution in [0.2, 0.25) is 0 Å². The molecule has 1 rings (SSSR count). The normalized spacial score (nSPS) is 12.8. The molecule has 13 heavy (non-hydrogen) atoms. The first-order chi connectivity index (χ1) is 5.95. The van der Waals surface area contributed by atoms with Crippen molar-refractivity contribution >= 4 is 17.4 Å². The van der Waals surface area contributed by atoms with Crippen LogP contribution in [0.5, 0.6) is 0 Å². The molecular weight excluding hydrogens is 168 g/mol. The van der Waals surface area contributed by atoms with Crippen molar-refractivity contribution < 1.29 is 4.79 Å². The Labute approximate surface area is 76.5 Å². The monoisotopic (exact) mass is 182 g/mol. The van der Waals surface area contributed by atoms with E-state index >= 15 is 0 Å². The SMILES string of the molecule is CC(=O)n1c(N)cc(N)c1C(C)N. The van der Waals surface area contributed by atoms with E-state index < -0.39 is 0 Å². The quantitative estimate of drug-likeness (QED) is 0.582. The van der Waals surface area contributed by atoms with Gasteiger partial charge in [0.2, 0.25) is 5.91 Å². The highest BCUT2D eigenvalue weighted by molar-refractivity contribution is 5.83. The Balaban J connectivity index is 3.38. The number of nitrogens with zero attached hydrogens (tertiary/aromatic N) is 1. The van der Waals surface area contributed by atoms with Crippen molar-refractivity contribution in [3.05, 3.63) is 11.8 Å². The molecule has 0 aromatic carbocycles. The second-order valence-corrected chi connectivity index (χ2v) is 3.05. The van der Waals surface area contributed by atoms with Crippen molar-refractivity contribution in [2.75, 3.05) is 11.5 Å². The molecular formula is C8H14N4O. The lowest BCUT2D eigenvalue weighted by Crippen LogP contribution is -2.18. The topological polar surface area (TPSA) is 100 Å². The molecule has 0 saturated heterocycles. The standard InChI is InChI=1S/C8H14N4O/c1-4(9)8-6(10)3-7(11)12(8)5(2)13/h3-4H,9-11H2,1-2H3. The van der Waals surface area contributed by atoms with E-state index in [-0.39, 0.29) is 11.9 Å². The largest absolute Gasteiger partial charge is 0.397 e. The first-order valence-corrected chi connectivity index (χ1v) is 3.98. The first kappa shape index (κ1) is 9.60. The van der Waals surface area contributed by atoms with Crippen molar-refractivity contribution in [2.24, 2.45) is 5.73 Å². The van der Waals surface area contributed by atoms with Crippen LogP contribution < -0.4 is 17.2 Å². The van der Waals surface area contributed by atoms with Gasteiger partial charge in [0.1, 0.15) is 5.82 Å². The minimum absolute atomic E-state index is 0.179. The zero-order valence-corrected chi connectivity index (χ0v) is 7.74. The summed E-state index contributed by atoms with van der Waals surface area (Å²) >= 11 is 0. The second-order valence-electron chi connectivity index (χ2n) is 3.05. The summed E-state index contributed by atoms with van der Waals surface area (Å²) in [6.07, 6.45) is 0. The van der Waals surface area contributed by atoms with Gasteiger partial charge < -0.3 is 17.2 Å². The lowest BCUT2D eigenvalue weighted by molar-refractivity contribution is 0.0935. The van der Waals surface area contributed by atoms with E-state index in [0.717, 1.165) is 0 Å². The Kier molecular flexibility index (Phi) is 2.29. The summed E-state index contributed by atoms with van der Waals surface area (Å²) in [4.78, 5) is 11.2. The van der Waals surface area contributed by atoms with Gasteiger partial charge in [0.15, 0.2) is 0 Å². The van der Waals surface area contributed by atoms with Gasteiger partial charge in [-0.1, -0.05) is 0 Å². The van der Waals surface area contributed by atoms with Crippen LogP contribution in [-0.4, -0.2) is 10.5 Å². The molecule has 1 aromatic rings. The van der Waals surface area contributed by atoms with Crippen LogP contribution in [0.25, 0.3) is 0 Å². The van der Waals surface area contributed by atoms with Crippen molar-refractivity contribution in [1.29, 1.82) is 0 Å². The lowest BCUT2D eigenvalue weighted by atomic mass is 10.2. The molecule has 1 unspecified atom stereocenters. The number of rotatable bonds is 1. The number of aromatic nitrogens is 1. The van der Waals surface area contributed by atoms with Gasteiger partial charge in [-0.15, -0.1) is 0 Å². The minimum Gasteiger partial charge on any atom is -0.397 e. The van der Waals surface area contributed by atoms with E-state index in [1.165, 1.54) is 11.5 Å². The summed E-state index contributed by atoms with van der Waals surface area (Å²) in [5, 5.41) is 0. The molecule has 5 heteroatoms. The average Bonchev–Trinajstić information content (AvgIpc) is 2.24. The summed E-state index contributed by atoms with van der Waals surface area (Å²) in [6, 6.07) is 1.24. The molecule has 5 nitrogen and oxygen atoms in total. The molecule has 1 atom stereocenters. The third kappa shape index (κ3) is 1.50. The van der Waals surface area contributed by atoms with Crippen LogP contribution in [0, 0.1) is 0 Å². The second kappa shape index (κ2) is 3.10. The van der Waals surface area contributed by atoms with Gasteiger partial charge in [0, 0.05) is 19.0 Å². The Morgan fingerprint density at radius 1 is 1.54 bits per heavy atom. The van der Waals surface area contributed by atoms with Crippen LogP contribution in [0.15, 0.2) is 6.07 Å². The van der Waals surface area contributed by atoms with Gasteiger partial charge in [-0.3, -0.25) is 9.36 Å². The highest BCUT2D eigenvalue weighted by Gasteiger charge is 2.16. The summed E-state index contributed by atoms with van der Waals surface area (Å²) in [5.74, 6) is 0.152. The van der Waals surface area contributed by atoms with Crippen LogP contribution in [-0.2, 0) is 0 Å². The zero-order chi connectivity index (χ0) is 10.2. The Morgan fingerprint density at radius 3 is 2.38 bits per heavy atom. The minimum atomic E-state index is -0.304. The number of hydrogen-bond donors (Lipinski definition) is 3. The van der Waals surface area contributed by atoms with Crippen molar-refractivity contribution in [1.82, 2.24) is 4.57 Å². The molecule has 0 fully saturated rings. The van der Waals surface area contributed by atoms with Crippen LogP contribution in [0.4, 0.5) is 11.5 Å². The number of nitrogens with two attached hydrogens (primary N) is 3. The molecule has 0 aliphatic rings. The van der Waals surface area contributed by atoms with Gasteiger partial charge in [0.25, 0.3) is 0 Å². The lowest BCUT2D eigenvalue weighted by Gasteiger charge is -2.10. The molecule has 0 spiro atoms. The summed E-state index contributed by atoms with van der Waals surface area (Å²) in [5.41, 5.74) is 17.9. The van der Waals surface area contributed by atoms with Gasteiger partial charge in [-0.05, 0) is 6.92 Å². The highest BCUT2D eigenvalue weighted by Crippen LogP contribution is 2.24. The van der Waals surface area contributed by atoms with Crippen molar-refractivity contribution in [2.45, 2.75) is 19.9 Å². The third-order valence-corrected chi connectivity index (χ3v) is 1.84. The van der Waals surface area contributed by atoms with Crippen LogP contribution in [0.1, 0.15) is 30.4 Å². The molecule has 72 valence electrons. The number of nitrogen functional groups attached to an aromatic ring is 2. The predicted octanol–water partition coefficient (Wildman–Crippen LogP) is 0.332. The van der Waals surface area contributed by atoms with E-state index in [1.54, 1.807) is 13.0 Å². The molecule has 0 aliphatic heterocycles. The predicted molar refractivity (Wildman–Crippen MR) is 52.2 cm³/mol. The maximum Gasteiger partial charge on any atom is 0.229 e. The van der Waals surface area contributed by atoms with Crippen LogP contribution >= 0.6 is 0 Å². The molecule has 0 radical (unpaired) electrons. The number of carbonyl (C=O) groups is 1. The fraction of sp³-hybridized carbons (Fsp3) is 0.375. The molecule has 0 saturated carbocycles. The maximum atomic E-state index is 11.2. The van der Waals surface area contributed by atoms with E-state index in [0.29, 0.717) is 17.2 Å². The maximum absolute atomic E-state index is 11.2. The molecule has 0 amide bonds. The van der Waals surface area contributed by atoms with Gasteiger partial charge >= 0.3 is 0 Å². The summed E-state index contributed by atoms with van der Waals surface area (Å²) < 4.78 is 1.33. The zero-order valence-electron chi connectivity index (χ0n) is 7.74. The smallest absolute Gasteiger partial charge is 0.229 e. The summed E-state index contributed by atoms with van der Waals surface area (Å²) in [6.45, 7) is 3.17. The molecule has 0 bridgehead atoms. The molecule has 1 heterocycles. The fourth-order valence-corrected chi connectivity index (χ4v) is 1.38. The number of carbonyl (C=O) groups excluding carboxylic acids is 1. The Bertz CT molecular complexity index is 340. The van der Waals surface area contributed by atoms with Gasteiger partial charge in [-0.2, -0.15) is 0 Å². The molecule has 6 N–H and O–H groups in total. The Morgan fingerprint density at radius 2 is 2.08 bits per heavy atom. The average molecular weight is 182 g/mol. The summed E-state index contributed by atoms with van der Waals surface area (Å²) in [7, 11) is 0. The van der Waals surface area contributed by atoms with E-state index in [9.17, 15) is 4.79 Å². The first-order valence-electron chi connectivity index (χ1n) is 3.98. The van der Waals surface area contributed by atoms with E-state index in [1.807, 2.05) is 0 Å². The fourth-order valence-electron chi connectivity index (χ4n) is 1.38. The van der Waals surface area contributed by atoms with Crippen molar-refractivity contribution in [3.63, 3.8) is 0 Å².